The van der Waals surface area contributed by atoms with Gasteiger partial charge in [-0.25, -0.2) is 0 Å². The number of carbonyl (C=O) groups is 2. The van der Waals surface area contributed by atoms with Gasteiger partial charge in [0.1, 0.15) is 5.76 Å². The fourth-order valence-corrected chi connectivity index (χ4v) is 2.57. The fourth-order valence-electron chi connectivity index (χ4n) is 2.36. The standard InChI is InChI=1S/C18H21ClN2O4/c1-11-15(12(2)25-21-11)8-9-17(22)24-13(3)18(23)20-10-14-6-4-5-7-16(14)19/h4-7,13H,8-10H2,1-3H3,(H,20,23)/t13-/m0/s1. The molecule has 1 N–H and O–H groups in total. The predicted octanol–water partition coefficient (Wildman–Crippen LogP) is 3.13. The summed E-state index contributed by atoms with van der Waals surface area (Å²) in [5.41, 5.74) is 2.46. The van der Waals surface area contributed by atoms with E-state index in [4.69, 9.17) is 20.9 Å². The second-order valence-corrected chi connectivity index (χ2v) is 6.15. The van der Waals surface area contributed by atoms with Crippen LogP contribution in [0.5, 0.6) is 0 Å². The van der Waals surface area contributed by atoms with Gasteiger partial charge in [-0.05, 0) is 38.8 Å². The lowest BCUT2D eigenvalue weighted by Gasteiger charge is -2.14. The maximum atomic E-state index is 12.0. The number of hydrogen-bond acceptors (Lipinski definition) is 5. The van der Waals surface area contributed by atoms with Gasteiger partial charge in [0.25, 0.3) is 5.91 Å². The SMILES string of the molecule is Cc1noc(C)c1CCC(=O)O[C@@H](C)C(=O)NCc1ccccc1Cl. The Morgan fingerprint density at radius 2 is 2.04 bits per heavy atom. The van der Waals surface area contributed by atoms with Gasteiger partial charge in [0.05, 0.1) is 5.69 Å². The molecule has 0 aliphatic carbocycles. The van der Waals surface area contributed by atoms with E-state index < -0.39 is 12.1 Å². The molecule has 1 aromatic carbocycles. The molecule has 0 saturated heterocycles. The Bertz CT molecular complexity index is 738. The zero-order chi connectivity index (χ0) is 18.4. The van der Waals surface area contributed by atoms with Crippen molar-refractivity contribution >= 4 is 23.5 Å². The molecular weight excluding hydrogens is 344 g/mol. The van der Waals surface area contributed by atoms with Gasteiger partial charge in [0.15, 0.2) is 6.10 Å². The molecule has 1 atom stereocenters. The molecule has 0 unspecified atom stereocenters. The van der Waals surface area contributed by atoms with Gasteiger partial charge in [-0.3, -0.25) is 9.59 Å². The highest BCUT2D eigenvalue weighted by molar-refractivity contribution is 6.31. The maximum Gasteiger partial charge on any atom is 0.306 e. The highest BCUT2D eigenvalue weighted by Crippen LogP contribution is 2.15. The molecule has 25 heavy (non-hydrogen) atoms. The molecule has 0 fully saturated rings. The highest BCUT2D eigenvalue weighted by atomic mass is 35.5. The Labute approximate surface area is 151 Å². The third-order valence-electron chi connectivity index (χ3n) is 3.85. The molecule has 7 heteroatoms. The van der Waals surface area contributed by atoms with Gasteiger partial charge < -0.3 is 14.6 Å². The van der Waals surface area contributed by atoms with Crippen LogP contribution in [0, 0.1) is 13.8 Å². The molecule has 2 rings (SSSR count). The number of nitrogens with one attached hydrogen (secondary N) is 1. The Morgan fingerprint density at radius 3 is 2.68 bits per heavy atom. The fraction of sp³-hybridized carbons (Fsp3) is 0.389. The van der Waals surface area contributed by atoms with Crippen molar-refractivity contribution in [1.29, 1.82) is 0 Å². The smallest absolute Gasteiger partial charge is 0.306 e. The lowest BCUT2D eigenvalue weighted by Crippen LogP contribution is -2.35. The Kier molecular flexibility index (Phi) is 6.58. The first-order chi connectivity index (χ1) is 11.9. The number of amides is 1. The molecule has 1 heterocycles. The van der Waals surface area contributed by atoms with Crippen LogP contribution in [0.3, 0.4) is 0 Å². The number of halogens is 1. The van der Waals surface area contributed by atoms with Crippen molar-refractivity contribution in [2.75, 3.05) is 0 Å². The average molecular weight is 365 g/mol. The zero-order valence-electron chi connectivity index (χ0n) is 14.5. The lowest BCUT2D eigenvalue weighted by molar-refractivity contribution is -0.154. The summed E-state index contributed by atoms with van der Waals surface area (Å²) >= 11 is 6.04. The van der Waals surface area contributed by atoms with Crippen LogP contribution in [0.2, 0.25) is 5.02 Å². The minimum atomic E-state index is -0.875. The summed E-state index contributed by atoms with van der Waals surface area (Å²) in [6.07, 6.45) is -0.251. The maximum absolute atomic E-state index is 12.0. The van der Waals surface area contributed by atoms with E-state index in [9.17, 15) is 9.59 Å². The molecule has 0 radical (unpaired) electrons. The minimum Gasteiger partial charge on any atom is -0.453 e. The summed E-state index contributed by atoms with van der Waals surface area (Å²) in [5, 5.41) is 7.12. The number of rotatable bonds is 7. The third kappa shape index (κ3) is 5.32. The van der Waals surface area contributed by atoms with Gasteiger partial charge in [-0.15, -0.1) is 0 Å². The summed E-state index contributed by atoms with van der Waals surface area (Å²) in [5.74, 6) is -0.123. The molecular formula is C18H21ClN2O4. The number of benzene rings is 1. The highest BCUT2D eigenvalue weighted by Gasteiger charge is 2.19. The van der Waals surface area contributed by atoms with E-state index in [1.54, 1.807) is 13.0 Å². The largest absolute Gasteiger partial charge is 0.453 e. The first-order valence-electron chi connectivity index (χ1n) is 8.00. The monoisotopic (exact) mass is 364 g/mol. The molecule has 0 saturated carbocycles. The second kappa shape index (κ2) is 8.67. The quantitative estimate of drug-likeness (QED) is 0.763. The van der Waals surface area contributed by atoms with Crippen LogP contribution in [0.25, 0.3) is 0 Å². The predicted molar refractivity (Wildman–Crippen MR) is 93.2 cm³/mol. The normalized spacial score (nSPS) is 11.8. The molecule has 0 spiro atoms. The number of nitrogens with zero attached hydrogens (tertiary/aromatic N) is 1. The van der Waals surface area contributed by atoms with Crippen molar-refractivity contribution in [3.63, 3.8) is 0 Å². The third-order valence-corrected chi connectivity index (χ3v) is 4.22. The second-order valence-electron chi connectivity index (χ2n) is 5.74. The van der Waals surface area contributed by atoms with E-state index in [0.29, 0.717) is 17.2 Å². The number of esters is 1. The zero-order valence-corrected chi connectivity index (χ0v) is 15.2. The van der Waals surface area contributed by atoms with Crippen LogP contribution >= 0.6 is 11.6 Å². The van der Waals surface area contributed by atoms with Gasteiger partial charge in [-0.2, -0.15) is 0 Å². The van der Waals surface area contributed by atoms with Crippen LogP contribution in [0.15, 0.2) is 28.8 Å². The van der Waals surface area contributed by atoms with Crippen molar-refractivity contribution in [1.82, 2.24) is 10.5 Å². The molecule has 1 amide bonds. The molecule has 2 aromatic rings. The van der Waals surface area contributed by atoms with E-state index in [-0.39, 0.29) is 18.9 Å². The first kappa shape index (κ1) is 19.0. The van der Waals surface area contributed by atoms with E-state index >= 15 is 0 Å². The van der Waals surface area contributed by atoms with Crippen molar-refractivity contribution in [3.05, 3.63) is 51.9 Å². The summed E-state index contributed by atoms with van der Waals surface area (Å²) in [4.78, 5) is 24.0. The van der Waals surface area contributed by atoms with E-state index in [2.05, 4.69) is 10.5 Å². The Hall–Kier alpha value is -2.34. The lowest BCUT2D eigenvalue weighted by atomic mass is 10.1. The molecule has 0 bridgehead atoms. The van der Waals surface area contributed by atoms with Gasteiger partial charge >= 0.3 is 5.97 Å². The average Bonchev–Trinajstić information content (AvgIpc) is 2.90. The molecule has 0 aliphatic rings. The van der Waals surface area contributed by atoms with E-state index in [0.717, 1.165) is 16.8 Å². The van der Waals surface area contributed by atoms with Crippen molar-refractivity contribution in [2.45, 2.75) is 46.3 Å². The number of carbonyl (C=O) groups excluding carboxylic acids is 2. The molecule has 0 aliphatic heterocycles. The van der Waals surface area contributed by atoms with Crippen molar-refractivity contribution < 1.29 is 18.8 Å². The van der Waals surface area contributed by atoms with Crippen LogP contribution in [-0.2, 0) is 27.3 Å². The number of aryl methyl sites for hydroxylation is 2. The van der Waals surface area contributed by atoms with Gasteiger partial charge in [0, 0.05) is 23.6 Å². The van der Waals surface area contributed by atoms with Crippen molar-refractivity contribution in [2.24, 2.45) is 0 Å². The van der Waals surface area contributed by atoms with Crippen LogP contribution in [-0.4, -0.2) is 23.1 Å². The summed E-state index contributed by atoms with van der Waals surface area (Å²) in [6.45, 7) is 5.43. The molecule has 1 aromatic heterocycles. The number of hydrogen-bond donors (Lipinski definition) is 1. The number of ether oxygens (including phenoxy) is 1. The van der Waals surface area contributed by atoms with E-state index in [1.165, 1.54) is 6.92 Å². The number of aromatic nitrogens is 1. The summed E-state index contributed by atoms with van der Waals surface area (Å²) < 4.78 is 10.2. The van der Waals surface area contributed by atoms with Crippen LogP contribution in [0.4, 0.5) is 0 Å². The first-order valence-corrected chi connectivity index (χ1v) is 8.38. The summed E-state index contributed by atoms with van der Waals surface area (Å²) in [6, 6.07) is 7.23. The molecule has 134 valence electrons. The van der Waals surface area contributed by atoms with Crippen LogP contribution < -0.4 is 5.32 Å². The van der Waals surface area contributed by atoms with Gasteiger partial charge in [0.2, 0.25) is 0 Å². The molecule has 6 nitrogen and oxygen atoms in total. The van der Waals surface area contributed by atoms with Crippen LogP contribution in [0.1, 0.15) is 35.9 Å². The summed E-state index contributed by atoms with van der Waals surface area (Å²) in [7, 11) is 0. The van der Waals surface area contributed by atoms with E-state index in [1.807, 2.05) is 25.1 Å². The minimum absolute atomic E-state index is 0.158. The topological polar surface area (TPSA) is 81.4 Å². The Balaban J connectivity index is 1.78. The Morgan fingerprint density at radius 1 is 1.32 bits per heavy atom. The van der Waals surface area contributed by atoms with Crippen molar-refractivity contribution in [3.8, 4) is 0 Å². The van der Waals surface area contributed by atoms with Gasteiger partial charge in [-0.1, -0.05) is 35.0 Å².